The Morgan fingerprint density at radius 3 is 2.60 bits per heavy atom. The van der Waals surface area contributed by atoms with E-state index in [1.54, 1.807) is 24.3 Å². The summed E-state index contributed by atoms with van der Waals surface area (Å²) in [4.78, 5) is 0. The van der Waals surface area contributed by atoms with E-state index < -0.39 is 24.1 Å². The third-order valence-corrected chi connectivity index (χ3v) is 4.18. The van der Waals surface area contributed by atoms with E-state index in [9.17, 15) is 13.2 Å². The standard InChI is InChI=1S/C15H20F3NO/c1-20-11-6-4-5-10(9-11)14(19)12-7-2-3-8-13(12)15(16,17)18/h4-6,9,12-14H,2-3,7-8,19H2,1H3. The molecule has 2 N–H and O–H groups in total. The summed E-state index contributed by atoms with van der Waals surface area (Å²) in [6.07, 6.45) is -2.00. The van der Waals surface area contributed by atoms with Gasteiger partial charge in [0.05, 0.1) is 13.0 Å². The lowest BCUT2D eigenvalue weighted by molar-refractivity contribution is -0.198. The number of halogens is 3. The zero-order valence-electron chi connectivity index (χ0n) is 11.5. The quantitative estimate of drug-likeness (QED) is 0.909. The molecule has 0 radical (unpaired) electrons. The lowest BCUT2D eigenvalue weighted by Gasteiger charge is -2.36. The molecule has 1 aromatic rings. The van der Waals surface area contributed by atoms with Crippen molar-refractivity contribution in [3.8, 4) is 5.75 Å². The fraction of sp³-hybridized carbons (Fsp3) is 0.600. The minimum absolute atomic E-state index is 0.186. The van der Waals surface area contributed by atoms with Crippen molar-refractivity contribution < 1.29 is 17.9 Å². The monoisotopic (exact) mass is 287 g/mol. The van der Waals surface area contributed by atoms with Crippen LogP contribution in [-0.4, -0.2) is 13.3 Å². The highest BCUT2D eigenvalue weighted by molar-refractivity contribution is 5.30. The molecule has 0 saturated heterocycles. The molecular weight excluding hydrogens is 267 g/mol. The van der Waals surface area contributed by atoms with Gasteiger partial charge in [0, 0.05) is 6.04 Å². The Labute approximate surface area is 117 Å². The average molecular weight is 287 g/mol. The Kier molecular flexibility index (Phi) is 4.58. The SMILES string of the molecule is COc1cccc(C(N)C2CCCCC2C(F)(F)F)c1. The number of benzene rings is 1. The van der Waals surface area contributed by atoms with Crippen LogP contribution in [0.5, 0.6) is 5.75 Å². The highest BCUT2D eigenvalue weighted by Crippen LogP contribution is 2.45. The van der Waals surface area contributed by atoms with Gasteiger partial charge in [-0.05, 0) is 36.5 Å². The molecule has 2 nitrogen and oxygen atoms in total. The Balaban J connectivity index is 2.22. The maximum absolute atomic E-state index is 13.1. The highest BCUT2D eigenvalue weighted by Gasteiger charge is 2.47. The van der Waals surface area contributed by atoms with Gasteiger partial charge in [-0.3, -0.25) is 0 Å². The third kappa shape index (κ3) is 3.26. The van der Waals surface area contributed by atoms with Crippen molar-refractivity contribution in [2.45, 2.75) is 37.9 Å². The Morgan fingerprint density at radius 1 is 1.25 bits per heavy atom. The first kappa shape index (κ1) is 15.2. The maximum atomic E-state index is 13.1. The van der Waals surface area contributed by atoms with Gasteiger partial charge in [-0.2, -0.15) is 13.2 Å². The van der Waals surface area contributed by atoms with Crippen LogP contribution in [-0.2, 0) is 0 Å². The number of hydrogen-bond acceptors (Lipinski definition) is 2. The van der Waals surface area contributed by atoms with Crippen molar-refractivity contribution in [2.24, 2.45) is 17.6 Å². The van der Waals surface area contributed by atoms with Crippen LogP contribution in [0.25, 0.3) is 0 Å². The summed E-state index contributed by atoms with van der Waals surface area (Å²) in [5.41, 5.74) is 6.84. The average Bonchev–Trinajstić information content (AvgIpc) is 2.45. The molecule has 1 aromatic carbocycles. The Hall–Kier alpha value is -1.23. The number of rotatable bonds is 3. The van der Waals surface area contributed by atoms with Crippen molar-refractivity contribution in [2.75, 3.05) is 7.11 Å². The predicted molar refractivity (Wildman–Crippen MR) is 71.4 cm³/mol. The summed E-state index contributed by atoms with van der Waals surface area (Å²) in [6.45, 7) is 0. The predicted octanol–water partition coefficient (Wildman–Crippen LogP) is 4.06. The minimum atomic E-state index is -4.17. The second-order valence-corrected chi connectivity index (χ2v) is 5.40. The van der Waals surface area contributed by atoms with Gasteiger partial charge in [0.2, 0.25) is 0 Å². The second-order valence-electron chi connectivity index (χ2n) is 5.40. The summed E-state index contributed by atoms with van der Waals surface area (Å²) in [6, 6.07) is 6.43. The van der Waals surface area contributed by atoms with Gasteiger partial charge >= 0.3 is 6.18 Å². The molecule has 0 aliphatic heterocycles. The first-order valence-corrected chi connectivity index (χ1v) is 6.89. The lowest BCUT2D eigenvalue weighted by atomic mass is 9.73. The smallest absolute Gasteiger partial charge is 0.392 e. The number of nitrogens with two attached hydrogens (primary N) is 1. The third-order valence-electron chi connectivity index (χ3n) is 4.18. The van der Waals surface area contributed by atoms with Crippen LogP contribution in [0.4, 0.5) is 13.2 Å². The molecule has 1 fully saturated rings. The first-order valence-electron chi connectivity index (χ1n) is 6.89. The fourth-order valence-corrected chi connectivity index (χ4v) is 3.09. The van der Waals surface area contributed by atoms with Crippen molar-refractivity contribution in [1.82, 2.24) is 0 Å². The largest absolute Gasteiger partial charge is 0.497 e. The minimum Gasteiger partial charge on any atom is -0.497 e. The molecule has 3 unspecified atom stereocenters. The van der Waals surface area contributed by atoms with Crippen LogP contribution in [0.3, 0.4) is 0 Å². The van der Waals surface area contributed by atoms with E-state index in [-0.39, 0.29) is 6.42 Å². The molecule has 0 amide bonds. The maximum Gasteiger partial charge on any atom is 0.392 e. The van der Waals surface area contributed by atoms with Gasteiger partial charge in [0.1, 0.15) is 5.75 Å². The van der Waals surface area contributed by atoms with Gasteiger partial charge in [-0.15, -0.1) is 0 Å². The van der Waals surface area contributed by atoms with E-state index in [1.165, 1.54) is 7.11 Å². The molecule has 112 valence electrons. The van der Waals surface area contributed by atoms with Gasteiger partial charge in [-0.25, -0.2) is 0 Å². The second kappa shape index (κ2) is 6.04. The molecule has 1 aliphatic rings. The van der Waals surface area contributed by atoms with E-state index in [1.807, 2.05) is 0 Å². The molecule has 3 atom stereocenters. The number of ether oxygens (including phenoxy) is 1. The molecule has 0 spiro atoms. The summed E-state index contributed by atoms with van der Waals surface area (Å²) in [7, 11) is 1.53. The fourth-order valence-electron chi connectivity index (χ4n) is 3.09. The Morgan fingerprint density at radius 2 is 1.95 bits per heavy atom. The zero-order chi connectivity index (χ0) is 14.8. The first-order chi connectivity index (χ1) is 9.43. The van der Waals surface area contributed by atoms with Gasteiger partial charge in [0.15, 0.2) is 0 Å². The summed E-state index contributed by atoms with van der Waals surface area (Å²) < 4.78 is 44.5. The van der Waals surface area contributed by atoms with Gasteiger partial charge in [-0.1, -0.05) is 25.0 Å². The van der Waals surface area contributed by atoms with E-state index in [0.717, 1.165) is 6.42 Å². The molecule has 20 heavy (non-hydrogen) atoms. The Bertz CT molecular complexity index is 447. The number of alkyl halides is 3. The van der Waals surface area contributed by atoms with Crippen LogP contribution in [0.15, 0.2) is 24.3 Å². The van der Waals surface area contributed by atoms with Crippen LogP contribution in [0.1, 0.15) is 37.3 Å². The van der Waals surface area contributed by atoms with Crippen LogP contribution >= 0.6 is 0 Å². The molecule has 0 bridgehead atoms. The van der Waals surface area contributed by atoms with Crippen molar-refractivity contribution >= 4 is 0 Å². The zero-order valence-corrected chi connectivity index (χ0v) is 11.5. The molecule has 0 aromatic heterocycles. The van der Waals surface area contributed by atoms with Crippen LogP contribution in [0.2, 0.25) is 0 Å². The topological polar surface area (TPSA) is 35.2 Å². The number of methoxy groups -OCH3 is 1. The molecule has 0 heterocycles. The van der Waals surface area contributed by atoms with Crippen LogP contribution < -0.4 is 10.5 Å². The van der Waals surface area contributed by atoms with E-state index >= 15 is 0 Å². The van der Waals surface area contributed by atoms with E-state index in [0.29, 0.717) is 24.2 Å². The van der Waals surface area contributed by atoms with E-state index in [4.69, 9.17) is 10.5 Å². The summed E-state index contributed by atoms with van der Waals surface area (Å²) >= 11 is 0. The normalized spacial score (nSPS) is 25.2. The van der Waals surface area contributed by atoms with Crippen molar-refractivity contribution in [3.05, 3.63) is 29.8 Å². The van der Waals surface area contributed by atoms with Crippen molar-refractivity contribution in [1.29, 1.82) is 0 Å². The molecule has 2 rings (SSSR count). The van der Waals surface area contributed by atoms with Gasteiger partial charge < -0.3 is 10.5 Å². The number of hydrogen-bond donors (Lipinski definition) is 1. The summed E-state index contributed by atoms with van der Waals surface area (Å²) in [5, 5.41) is 0. The van der Waals surface area contributed by atoms with Crippen molar-refractivity contribution in [3.63, 3.8) is 0 Å². The molecule has 1 saturated carbocycles. The molecule has 5 heteroatoms. The van der Waals surface area contributed by atoms with Gasteiger partial charge in [0.25, 0.3) is 0 Å². The lowest BCUT2D eigenvalue weighted by Crippen LogP contribution is -2.38. The molecule has 1 aliphatic carbocycles. The van der Waals surface area contributed by atoms with Crippen LogP contribution in [0, 0.1) is 11.8 Å². The highest BCUT2D eigenvalue weighted by atomic mass is 19.4. The molecular formula is C15H20F3NO. The van der Waals surface area contributed by atoms with E-state index in [2.05, 4.69) is 0 Å². The summed E-state index contributed by atoms with van der Waals surface area (Å²) in [5.74, 6) is -1.22.